The van der Waals surface area contributed by atoms with Gasteiger partial charge in [-0.1, -0.05) is 0 Å². The molecule has 0 saturated carbocycles. The quantitative estimate of drug-likeness (QED) is 0.311. The van der Waals surface area contributed by atoms with Gasteiger partial charge in [-0.3, -0.25) is 0 Å². The molecule has 0 amide bonds. The second kappa shape index (κ2) is 7.57. The number of hydrogen-bond acceptors (Lipinski definition) is 1. The van der Waals surface area contributed by atoms with E-state index in [-0.39, 0.29) is 51.4 Å². The zero-order valence-corrected chi connectivity index (χ0v) is 11.2. The van der Waals surface area contributed by atoms with Gasteiger partial charge in [0.2, 0.25) is 0 Å². The van der Waals surface area contributed by atoms with Gasteiger partial charge in [0.05, 0.1) is 6.43 Å². The van der Waals surface area contributed by atoms with Gasteiger partial charge in [-0.25, -0.2) is 13.3 Å². The minimum absolute atomic E-state index is 0. The molecule has 0 N–H and O–H groups in total. The largest absolute Gasteiger partial charge is 1.00 e. The van der Waals surface area contributed by atoms with Crippen LogP contribution in [0.4, 0.5) is 43.3 Å². The normalized spacial score (nSPS) is 12.7. The maximum absolute atomic E-state index is 11.1. The van der Waals surface area contributed by atoms with Crippen LogP contribution in [0.5, 0.6) is 0 Å². The molecule has 0 aliphatic carbocycles. The molecule has 0 radical (unpaired) electrons. The molecule has 13 heteroatoms. The Morgan fingerprint density at radius 1 is 0.875 bits per heavy atom. The smallest absolute Gasteiger partial charge is 0.415 e. The third-order valence-electron chi connectivity index (χ3n) is 0.593. The van der Waals surface area contributed by atoms with E-state index in [1.165, 1.54) is 0 Å². The minimum Gasteiger partial charge on any atom is -0.415 e. The molecular weight excluding hydrogens is 312 g/mol. The Hall–Kier alpha value is 1.17. The number of rotatable bonds is 1. The molecule has 0 bridgehead atoms. The molecule has 0 spiro atoms. The number of hydrogen-bond donors (Lipinski definition) is 0. The average Bonchev–Trinajstić information content (AvgIpc) is 1.79. The van der Waals surface area contributed by atoms with Crippen molar-refractivity contribution in [1.82, 2.24) is 0 Å². The van der Waals surface area contributed by atoms with Crippen LogP contribution in [0.25, 0.3) is 0 Å². The average molecular weight is 312 g/mol. The van der Waals surface area contributed by atoms with Gasteiger partial charge in [-0.2, -0.15) is 13.2 Å². The van der Waals surface area contributed by atoms with Gasteiger partial charge >= 0.3 is 65.6 Å². The first-order chi connectivity index (χ1) is 6.19. The molecule has 0 atom stereocenters. The van der Waals surface area contributed by atoms with Crippen LogP contribution in [0, 0.1) is 6.43 Å². The molecule has 0 aromatic rings. The molecule has 1 nitrogen and oxygen atoms in total. The van der Waals surface area contributed by atoms with Crippen molar-refractivity contribution in [2.24, 2.45) is 0 Å². The van der Waals surface area contributed by atoms with Crippen LogP contribution in [0.3, 0.4) is 0 Å². The first kappa shape index (κ1) is 22.4. The molecule has 0 unspecified atom stereocenters. The summed E-state index contributed by atoms with van der Waals surface area (Å²) in [6.07, 6.45) is -10.1. The molecule has 0 aliphatic heterocycles. The third-order valence-corrected chi connectivity index (χ3v) is 0.593. The van der Waals surface area contributed by atoms with Crippen LogP contribution in [-0.2, 0) is 4.57 Å². The van der Waals surface area contributed by atoms with Crippen LogP contribution in [-0.4, -0.2) is 12.1 Å². The Bertz CT molecular complexity index is 222. The van der Waals surface area contributed by atoms with Gasteiger partial charge in [0.15, 0.2) is 0 Å². The fraction of sp³-hybridized carbons (Fsp3) is 0.667. The standard InChI is InChI=1S/C3F7.F3OP.K/c4-1(5)2(6,7)3(8,9)10;1-5(2,3)4;/q-1;;+1. The van der Waals surface area contributed by atoms with Crippen molar-refractivity contribution in [2.45, 2.75) is 12.1 Å². The SMILES string of the molecule is F[C-](F)C(F)(F)C(F)(F)F.O=P(F)(F)F.[K+]. The van der Waals surface area contributed by atoms with Crippen molar-refractivity contribution in [3.8, 4) is 0 Å². The van der Waals surface area contributed by atoms with Gasteiger partial charge < -0.3 is 8.78 Å². The summed E-state index contributed by atoms with van der Waals surface area (Å²) in [6, 6.07) is 0. The zero-order valence-electron chi connectivity index (χ0n) is 7.14. The van der Waals surface area contributed by atoms with Crippen molar-refractivity contribution in [3.05, 3.63) is 6.43 Å². The van der Waals surface area contributed by atoms with E-state index in [1.807, 2.05) is 0 Å². The van der Waals surface area contributed by atoms with E-state index in [0.717, 1.165) is 0 Å². The minimum atomic E-state index is -6.20. The van der Waals surface area contributed by atoms with E-state index in [4.69, 9.17) is 4.57 Å². The Balaban J connectivity index is -0.000000242. The van der Waals surface area contributed by atoms with Crippen LogP contribution in [0.1, 0.15) is 0 Å². The van der Waals surface area contributed by atoms with Crippen LogP contribution in [0.2, 0.25) is 0 Å². The summed E-state index contributed by atoms with van der Waals surface area (Å²) in [7, 11) is -6.14. The summed E-state index contributed by atoms with van der Waals surface area (Å²) in [4.78, 5) is 0. The topological polar surface area (TPSA) is 17.1 Å². The first-order valence-electron chi connectivity index (χ1n) is 2.51. The van der Waals surface area contributed by atoms with Crippen molar-refractivity contribution in [1.29, 1.82) is 0 Å². The number of halogens is 10. The van der Waals surface area contributed by atoms with Crippen molar-refractivity contribution >= 4 is 8.07 Å². The van der Waals surface area contributed by atoms with E-state index in [1.54, 1.807) is 0 Å². The summed E-state index contributed by atoms with van der Waals surface area (Å²) in [5, 5.41) is 0. The second-order valence-corrected chi connectivity index (χ2v) is 2.53. The molecular formula is C3F10KOP. The Kier molecular flexibility index (Phi) is 10.6. The predicted octanol–water partition coefficient (Wildman–Crippen LogP) is 1.62. The predicted molar refractivity (Wildman–Crippen MR) is 27.4 cm³/mol. The first-order valence-corrected chi connectivity index (χ1v) is 3.89. The zero-order chi connectivity index (χ0) is 13.1. The summed E-state index contributed by atoms with van der Waals surface area (Å²) in [6.45, 7) is 0. The molecule has 0 fully saturated rings. The fourth-order valence-corrected chi connectivity index (χ4v) is 0.107. The van der Waals surface area contributed by atoms with Gasteiger partial charge in [-0.05, 0) is 0 Å². The van der Waals surface area contributed by atoms with E-state index >= 15 is 0 Å². The maximum atomic E-state index is 11.1. The number of alkyl halides is 5. The van der Waals surface area contributed by atoms with Gasteiger partial charge in [0, 0.05) is 0 Å². The van der Waals surface area contributed by atoms with Crippen LogP contribution in [0.15, 0.2) is 0 Å². The van der Waals surface area contributed by atoms with Crippen molar-refractivity contribution in [3.63, 3.8) is 0 Å². The molecule has 0 aromatic heterocycles. The van der Waals surface area contributed by atoms with Gasteiger partial charge in [0.25, 0.3) is 5.92 Å². The molecule has 0 saturated heterocycles. The van der Waals surface area contributed by atoms with E-state index in [2.05, 4.69) is 0 Å². The molecule has 16 heavy (non-hydrogen) atoms. The summed E-state index contributed by atoms with van der Waals surface area (Å²) < 4.78 is 114. The van der Waals surface area contributed by atoms with E-state index < -0.39 is 26.6 Å². The van der Waals surface area contributed by atoms with Crippen molar-refractivity contribution < 1.29 is 99.3 Å². The summed E-state index contributed by atoms with van der Waals surface area (Å²) in [5.74, 6) is -5.98. The van der Waals surface area contributed by atoms with Crippen LogP contribution >= 0.6 is 8.07 Å². The Morgan fingerprint density at radius 2 is 1.06 bits per heavy atom. The Labute approximate surface area is 125 Å². The molecule has 94 valence electrons. The maximum Gasteiger partial charge on any atom is 1.00 e. The second-order valence-electron chi connectivity index (χ2n) is 1.73. The third kappa shape index (κ3) is 11.6. The van der Waals surface area contributed by atoms with Gasteiger partial charge in [-0.15, -0.1) is 12.6 Å². The molecule has 0 rings (SSSR count). The molecule has 0 aliphatic rings. The molecule has 0 aromatic carbocycles. The van der Waals surface area contributed by atoms with E-state index in [9.17, 15) is 43.3 Å². The molecule has 0 heterocycles. The Morgan fingerprint density at radius 3 is 1.06 bits per heavy atom. The van der Waals surface area contributed by atoms with E-state index in [0.29, 0.717) is 0 Å². The van der Waals surface area contributed by atoms with Gasteiger partial charge in [0.1, 0.15) is 0 Å². The summed E-state index contributed by atoms with van der Waals surface area (Å²) in [5.41, 5.74) is 0. The van der Waals surface area contributed by atoms with Crippen molar-refractivity contribution in [2.75, 3.05) is 0 Å². The van der Waals surface area contributed by atoms with Crippen LogP contribution < -0.4 is 51.4 Å². The monoisotopic (exact) mass is 312 g/mol. The fourth-order valence-electron chi connectivity index (χ4n) is 0.107. The summed E-state index contributed by atoms with van der Waals surface area (Å²) >= 11 is 0.